The molecule has 0 aliphatic carbocycles. The van der Waals surface area contributed by atoms with E-state index >= 15 is 0 Å². The van der Waals surface area contributed by atoms with Crippen LogP contribution in [0.3, 0.4) is 0 Å². The van der Waals surface area contributed by atoms with E-state index in [0.29, 0.717) is 11.4 Å². The van der Waals surface area contributed by atoms with Gasteiger partial charge in [0.25, 0.3) is 0 Å². The van der Waals surface area contributed by atoms with Crippen LogP contribution in [-0.4, -0.2) is 39.2 Å². The Morgan fingerprint density at radius 1 is 1.09 bits per heavy atom. The Labute approximate surface area is 131 Å². The first kappa shape index (κ1) is 14.6. The lowest BCUT2D eigenvalue weighted by Gasteiger charge is -2.13. The molecule has 7 heteroatoms. The Kier molecular flexibility index (Phi) is 3.89. The van der Waals surface area contributed by atoms with E-state index in [1.807, 2.05) is 31.2 Å². The first-order chi connectivity index (χ1) is 10.6. The number of imide groups is 2. The van der Waals surface area contributed by atoms with Crippen molar-refractivity contribution in [2.45, 2.75) is 26.3 Å². The van der Waals surface area contributed by atoms with Crippen LogP contribution in [0.2, 0.25) is 0 Å². The van der Waals surface area contributed by atoms with Crippen LogP contribution in [0.15, 0.2) is 24.3 Å². The lowest BCUT2D eigenvalue weighted by Crippen LogP contribution is -2.33. The summed E-state index contributed by atoms with van der Waals surface area (Å²) in [6.45, 7) is 2.30. The molecule has 4 amide bonds. The average Bonchev–Trinajstić information content (AvgIpc) is 3.01. The Morgan fingerprint density at radius 2 is 1.82 bits per heavy atom. The number of carbonyl (C=O) groups excluding carboxylic acids is 3. The first-order valence-corrected chi connectivity index (χ1v) is 7.95. The Balaban J connectivity index is 1.80. The van der Waals surface area contributed by atoms with E-state index in [9.17, 15) is 14.4 Å². The van der Waals surface area contributed by atoms with Crippen LogP contribution in [0, 0.1) is 0 Å². The molecule has 22 heavy (non-hydrogen) atoms. The molecule has 3 rings (SSSR count). The largest absolute Gasteiger partial charge is 0.334 e. The second kappa shape index (κ2) is 5.84. The zero-order valence-electron chi connectivity index (χ0n) is 12.1. The van der Waals surface area contributed by atoms with Gasteiger partial charge in [0.1, 0.15) is 5.01 Å². The second-order valence-corrected chi connectivity index (χ2v) is 6.17. The van der Waals surface area contributed by atoms with E-state index in [4.69, 9.17) is 0 Å². The van der Waals surface area contributed by atoms with Crippen molar-refractivity contribution in [2.24, 2.45) is 0 Å². The van der Waals surface area contributed by atoms with Gasteiger partial charge >= 0.3 is 17.8 Å². The number of nitrogens with zero attached hydrogens (tertiary/aromatic N) is 3. The maximum Gasteiger partial charge on any atom is 0.334 e. The van der Waals surface area contributed by atoms with Crippen LogP contribution in [0.1, 0.15) is 24.8 Å². The highest BCUT2D eigenvalue weighted by Crippen LogP contribution is 2.24. The summed E-state index contributed by atoms with van der Waals surface area (Å²) in [6.07, 6.45) is 1.54. The van der Waals surface area contributed by atoms with E-state index in [2.05, 4.69) is 4.98 Å². The van der Waals surface area contributed by atoms with Gasteiger partial charge in [-0.15, -0.1) is 11.3 Å². The van der Waals surface area contributed by atoms with Crippen molar-refractivity contribution in [3.8, 4) is 0 Å². The SMILES string of the molecule is CCCCN1C(=O)C(=O)N(Cc2nc3ccccc3s2)C1=O. The predicted molar refractivity (Wildman–Crippen MR) is 82.2 cm³/mol. The van der Waals surface area contributed by atoms with Gasteiger partial charge in [-0.1, -0.05) is 25.5 Å². The number of amides is 4. The van der Waals surface area contributed by atoms with E-state index in [0.717, 1.165) is 26.4 Å². The molecule has 0 spiro atoms. The second-order valence-electron chi connectivity index (χ2n) is 5.06. The number of carbonyl (C=O) groups is 3. The molecule has 114 valence electrons. The fraction of sp³-hybridized carbons (Fsp3) is 0.333. The van der Waals surface area contributed by atoms with Crippen LogP contribution in [0.4, 0.5) is 4.79 Å². The summed E-state index contributed by atoms with van der Waals surface area (Å²) in [7, 11) is 0. The van der Waals surface area contributed by atoms with Crippen molar-refractivity contribution in [1.82, 2.24) is 14.8 Å². The number of hydrogen-bond donors (Lipinski definition) is 0. The molecule has 0 bridgehead atoms. The number of rotatable bonds is 5. The van der Waals surface area contributed by atoms with E-state index in [1.54, 1.807) is 0 Å². The average molecular weight is 317 g/mol. The summed E-state index contributed by atoms with van der Waals surface area (Å²) in [5.74, 6) is -1.50. The zero-order chi connectivity index (χ0) is 15.7. The van der Waals surface area contributed by atoms with Crippen LogP contribution in [-0.2, 0) is 16.1 Å². The minimum Gasteiger partial charge on any atom is -0.263 e. The molecule has 1 aliphatic rings. The molecule has 1 saturated heterocycles. The number of fused-ring (bicyclic) bond motifs is 1. The number of thiazole rings is 1. The third kappa shape index (κ3) is 2.48. The van der Waals surface area contributed by atoms with Gasteiger partial charge in [-0.25, -0.2) is 14.7 Å². The van der Waals surface area contributed by atoms with E-state index < -0.39 is 17.8 Å². The monoisotopic (exact) mass is 317 g/mol. The molecule has 6 nitrogen and oxygen atoms in total. The molecule has 0 radical (unpaired) electrons. The van der Waals surface area contributed by atoms with Gasteiger partial charge in [0.05, 0.1) is 16.8 Å². The lowest BCUT2D eigenvalue weighted by atomic mass is 10.3. The van der Waals surface area contributed by atoms with Crippen LogP contribution >= 0.6 is 11.3 Å². The Bertz CT molecular complexity index is 722. The minimum absolute atomic E-state index is 0.0470. The molecule has 0 atom stereocenters. The van der Waals surface area contributed by atoms with Gasteiger partial charge in [-0.3, -0.25) is 14.5 Å². The third-order valence-corrected chi connectivity index (χ3v) is 4.52. The quantitative estimate of drug-likeness (QED) is 0.627. The topological polar surface area (TPSA) is 70.6 Å². The highest BCUT2D eigenvalue weighted by atomic mass is 32.1. The summed E-state index contributed by atoms with van der Waals surface area (Å²) in [4.78, 5) is 42.5. The molecular formula is C15H15N3O3S. The maximum absolute atomic E-state index is 12.2. The fourth-order valence-electron chi connectivity index (χ4n) is 2.33. The standard InChI is InChI=1S/C15H15N3O3S/c1-2-3-8-17-13(19)14(20)18(15(17)21)9-12-16-10-6-4-5-7-11(10)22-12/h4-7H,2-3,8-9H2,1H3. The number of hydrogen-bond acceptors (Lipinski definition) is 5. The summed E-state index contributed by atoms with van der Waals surface area (Å²) >= 11 is 1.42. The van der Waals surface area contributed by atoms with Gasteiger partial charge < -0.3 is 0 Å². The smallest absolute Gasteiger partial charge is 0.263 e. The van der Waals surface area contributed by atoms with Gasteiger partial charge in [-0.05, 0) is 18.6 Å². The maximum atomic E-state index is 12.2. The highest BCUT2D eigenvalue weighted by Gasteiger charge is 2.44. The van der Waals surface area contributed by atoms with Gasteiger partial charge in [0, 0.05) is 6.54 Å². The normalized spacial score (nSPS) is 15.4. The molecule has 0 N–H and O–H groups in total. The molecule has 0 saturated carbocycles. The predicted octanol–water partition coefficient (Wildman–Crippen LogP) is 2.39. The van der Waals surface area contributed by atoms with Crippen LogP contribution in [0.25, 0.3) is 10.2 Å². The van der Waals surface area contributed by atoms with Crippen LogP contribution in [0.5, 0.6) is 0 Å². The molecule has 2 heterocycles. The highest BCUT2D eigenvalue weighted by molar-refractivity contribution is 7.18. The van der Waals surface area contributed by atoms with Crippen molar-refractivity contribution >= 4 is 39.4 Å². The van der Waals surface area contributed by atoms with Crippen LogP contribution < -0.4 is 0 Å². The van der Waals surface area contributed by atoms with E-state index in [1.165, 1.54) is 11.3 Å². The number of para-hydroxylation sites is 1. The minimum atomic E-state index is -0.764. The molecule has 1 aromatic carbocycles. The number of urea groups is 1. The molecular weight excluding hydrogens is 302 g/mol. The van der Waals surface area contributed by atoms with E-state index in [-0.39, 0.29) is 13.1 Å². The number of aromatic nitrogens is 1. The Hall–Kier alpha value is -2.28. The van der Waals surface area contributed by atoms with Gasteiger partial charge in [0.2, 0.25) is 0 Å². The number of unbranched alkanes of at least 4 members (excludes halogenated alkanes) is 1. The summed E-state index contributed by atoms with van der Waals surface area (Å²) < 4.78 is 0.991. The Morgan fingerprint density at radius 3 is 2.55 bits per heavy atom. The number of benzene rings is 1. The summed E-state index contributed by atoms with van der Waals surface area (Å²) in [6, 6.07) is 7.06. The molecule has 0 unspecified atom stereocenters. The molecule has 1 aromatic heterocycles. The van der Waals surface area contributed by atoms with Crippen molar-refractivity contribution in [3.63, 3.8) is 0 Å². The van der Waals surface area contributed by atoms with Gasteiger partial charge in [-0.2, -0.15) is 0 Å². The molecule has 2 aromatic rings. The summed E-state index contributed by atoms with van der Waals surface area (Å²) in [5.41, 5.74) is 0.829. The molecule has 1 fully saturated rings. The summed E-state index contributed by atoms with van der Waals surface area (Å²) in [5, 5.41) is 0.646. The van der Waals surface area contributed by atoms with Crippen molar-refractivity contribution in [1.29, 1.82) is 0 Å². The first-order valence-electron chi connectivity index (χ1n) is 7.13. The van der Waals surface area contributed by atoms with Crippen molar-refractivity contribution in [2.75, 3.05) is 6.54 Å². The zero-order valence-corrected chi connectivity index (χ0v) is 12.9. The van der Waals surface area contributed by atoms with Gasteiger partial charge in [0.15, 0.2) is 0 Å². The fourth-order valence-corrected chi connectivity index (χ4v) is 3.28. The lowest BCUT2D eigenvalue weighted by molar-refractivity contribution is -0.143. The molecule has 1 aliphatic heterocycles. The van der Waals surface area contributed by atoms with Crippen molar-refractivity contribution in [3.05, 3.63) is 29.3 Å². The third-order valence-electron chi connectivity index (χ3n) is 3.50. The van der Waals surface area contributed by atoms with Crippen molar-refractivity contribution < 1.29 is 14.4 Å².